The number of carbonyl (C=O) groups is 1. The van der Waals surface area contributed by atoms with Gasteiger partial charge in [0.25, 0.3) is 0 Å². The van der Waals surface area contributed by atoms with E-state index < -0.39 is 0 Å². The molecule has 118 valence electrons. The smallest absolute Gasteiger partial charge is 0.231 e. The van der Waals surface area contributed by atoms with Crippen molar-refractivity contribution in [3.05, 3.63) is 34.4 Å². The Balaban J connectivity index is 1.73. The molecule has 0 bridgehead atoms. The van der Waals surface area contributed by atoms with Crippen molar-refractivity contribution in [2.45, 2.75) is 19.8 Å². The zero-order valence-electron chi connectivity index (χ0n) is 12.6. The first-order chi connectivity index (χ1) is 11.1. The highest BCUT2D eigenvalue weighted by Gasteiger charge is 2.30. The van der Waals surface area contributed by atoms with Gasteiger partial charge in [-0.3, -0.25) is 4.79 Å². The van der Waals surface area contributed by atoms with Crippen LogP contribution in [0.2, 0.25) is 0 Å². The third-order valence-corrected chi connectivity index (χ3v) is 4.73. The van der Waals surface area contributed by atoms with Gasteiger partial charge in [-0.05, 0) is 53.4 Å². The lowest BCUT2D eigenvalue weighted by atomic mass is 10.0. The fraction of sp³-hybridized carbons (Fsp3) is 0.294. The van der Waals surface area contributed by atoms with Gasteiger partial charge in [0.1, 0.15) is 5.82 Å². The van der Waals surface area contributed by atoms with E-state index in [1.54, 1.807) is 6.20 Å². The van der Waals surface area contributed by atoms with E-state index in [9.17, 15) is 4.79 Å². The maximum atomic E-state index is 12.0. The third-order valence-electron chi connectivity index (χ3n) is 4.13. The van der Waals surface area contributed by atoms with Crippen LogP contribution in [0, 0.1) is 12.8 Å². The summed E-state index contributed by atoms with van der Waals surface area (Å²) in [5.74, 6) is 2.29. The lowest BCUT2D eigenvalue weighted by Crippen LogP contribution is -2.15. The first kappa shape index (κ1) is 14.5. The van der Waals surface area contributed by atoms with Crippen molar-refractivity contribution in [2.75, 3.05) is 12.1 Å². The van der Waals surface area contributed by atoms with E-state index in [1.807, 2.05) is 25.1 Å². The number of hydrogen-bond donors (Lipinski definition) is 1. The first-order valence-corrected chi connectivity index (χ1v) is 8.29. The number of carbonyl (C=O) groups excluding carboxylic acids is 1. The van der Waals surface area contributed by atoms with Crippen molar-refractivity contribution in [3.63, 3.8) is 0 Å². The second-order valence-electron chi connectivity index (χ2n) is 5.79. The Morgan fingerprint density at radius 1 is 1.30 bits per heavy atom. The Labute approximate surface area is 142 Å². The summed E-state index contributed by atoms with van der Waals surface area (Å²) < 4.78 is 11.7. The van der Waals surface area contributed by atoms with Crippen molar-refractivity contribution in [1.82, 2.24) is 4.98 Å². The molecule has 1 saturated carbocycles. The predicted octanol–water partition coefficient (Wildman–Crippen LogP) is 3.90. The van der Waals surface area contributed by atoms with Crippen molar-refractivity contribution in [3.8, 4) is 22.6 Å². The van der Waals surface area contributed by atoms with Gasteiger partial charge in [-0.2, -0.15) is 0 Å². The monoisotopic (exact) mass is 374 g/mol. The molecule has 4 rings (SSSR count). The van der Waals surface area contributed by atoms with E-state index in [1.165, 1.54) is 0 Å². The molecule has 0 unspecified atom stereocenters. The van der Waals surface area contributed by atoms with Gasteiger partial charge >= 0.3 is 0 Å². The van der Waals surface area contributed by atoms with Crippen LogP contribution in [0.3, 0.4) is 0 Å². The van der Waals surface area contributed by atoms with Gasteiger partial charge in [0.2, 0.25) is 12.7 Å². The zero-order valence-corrected chi connectivity index (χ0v) is 14.1. The van der Waals surface area contributed by atoms with Crippen LogP contribution in [0.25, 0.3) is 11.1 Å². The number of amides is 1. The van der Waals surface area contributed by atoms with Crippen LogP contribution < -0.4 is 14.8 Å². The zero-order chi connectivity index (χ0) is 16.0. The molecule has 0 spiro atoms. The van der Waals surface area contributed by atoms with Crippen LogP contribution in [0.1, 0.15) is 18.4 Å². The molecule has 1 fully saturated rings. The van der Waals surface area contributed by atoms with Crippen molar-refractivity contribution < 1.29 is 14.3 Å². The standard InChI is InChI=1S/C17H15BrN2O3/c1-9-15(11-4-5-13-14(6-11)23-8-22-13)12(18)7-19-16(9)20-17(21)10-2-3-10/h4-7,10H,2-3,8H2,1H3,(H,19,20,21). The fourth-order valence-electron chi connectivity index (χ4n) is 2.68. The van der Waals surface area contributed by atoms with Crippen LogP contribution in [-0.4, -0.2) is 17.7 Å². The van der Waals surface area contributed by atoms with Crippen LogP contribution in [0.15, 0.2) is 28.9 Å². The van der Waals surface area contributed by atoms with Gasteiger partial charge in [-0.15, -0.1) is 0 Å². The summed E-state index contributed by atoms with van der Waals surface area (Å²) in [4.78, 5) is 16.4. The molecule has 2 aliphatic rings. The summed E-state index contributed by atoms with van der Waals surface area (Å²) in [5, 5.41) is 2.94. The van der Waals surface area contributed by atoms with Crippen LogP contribution in [0.4, 0.5) is 5.82 Å². The first-order valence-electron chi connectivity index (χ1n) is 7.49. The molecule has 23 heavy (non-hydrogen) atoms. The van der Waals surface area contributed by atoms with Gasteiger partial charge in [-0.25, -0.2) is 4.98 Å². The maximum absolute atomic E-state index is 12.0. The molecule has 5 nitrogen and oxygen atoms in total. The lowest BCUT2D eigenvalue weighted by molar-refractivity contribution is -0.117. The van der Waals surface area contributed by atoms with Crippen LogP contribution in [0.5, 0.6) is 11.5 Å². The van der Waals surface area contributed by atoms with E-state index in [0.29, 0.717) is 5.82 Å². The average Bonchev–Trinajstić information content (AvgIpc) is 3.28. The fourth-order valence-corrected chi connectivity index (χ4v) is 3.31. The Morgan fingerprint density at radius 3 is 2.87 bits per heavy atom. The number of halogens is 1. The van der Waals surface area contributed by atoms with Crippen molar-refractivity contribution >= 4 is 27.7 Å². The minimum atomic E-state index is 0.0551. The molecule has 0 saturated heterocycles. The highest BCUT2D eigenvalue weighted by Crippen LogP contribution is 2.40. The highest BCUT2D eigenvalue weighted by atomic mass is 79.9. The molecule has 1 aromatic heterocycles. The molecule has 6 heteroatoms. The van der Waals surface area contributed by atoms with Gasteiger partial charge in [0.05, 0.1) is 0 Å². The Bertz CT molecular complexity index is 803. The molecule has 1 aromatic carbocycles. The van der Waals surface area contributed by atoms with Crippen LogP contribution in [-0.2, 0) is 4.79 Å². The van der Waals surface area contributed by atoms with E-state index in [2.05, 4.69) is 26.2 Å². The Morgan fingerprint density at radius 2 is 2.09 bits per heavy atom. The summed E-state index contributed by atoms with van der Waals surface area (Å²) in [6, 6.07) is 5.82. The molecule has 1 amide bonds. The molecule has 1 aliphatic heterocycles. The number of fused-ring (bicyclic) bond motifs is 1. The number of hydrogen-bond acceptors (Lipinski definition) is 4. The van der Waals surface area contributed by atoms with Crippen molar-refractivity contribution in [2.24, 2.45) is 5.92 Å². The normalized spacial score (nSPS) is 15.6. The quantitative estimate of drug-likeness (QED) is 0.884. The molecule has 1 aliphatic carbocycles. The molecule has 2 heterocycles. The minimum Gasteiger partial charge on any atom is -0.454 e. The van der Waals surface area contributed by atoms with E-state index in [4.69, 9.17) is 9.47 Å². The van der Waals surface area contributed by atoms with Gasteiger partial charge in [0, 0.05) is 27.7 Å². The Hall–Kier alpha value is -2.08. The SMILES string of the molecule is Cc1c(NC(=O)C2CC2)ncc(Br)c1-c1ccc2c(c1)OCO2. The summed E-state index contributed by atoms with van der Waals surface area (Å²) in [6.07, 6.45) is 3.66. The van der Waals surface area contributed by atoms with Gasteiger partial charge < -0.3 is 14.8 Å². The minimum absolute atomic E-state index is 0.0551. The molecule has 1 N–H and O–H groups in total. The summed E-state index contributed by atoms with van der Waals surface area (Å²) in [5.41, 5.74) is 2.90. The van der Waals surface area contributed by atoms with Gasteiger partial charge in [-0.1, -0.05) is 6.07 Å². The number of ether oxygens (including phenoxy) is 2. The molecular weight excluding hydrogens is 360 g/mol. The number of pyridine rings is 1. The maximum Gasteiger partial charge on any atom is 0.231 e. The van der Waals surface area contributed by atoms with Crippen molar-refractivity contribution in [1.29, 1.82) is 0 Å². The summed E-state index contributed by atoms with van der Waals surface area (Å²) >= 11 is 3.56. The number of rotatable bonds is 3. The average molecular weight is 375 g/mol. The summed E-state index contributed by atoms with van der Waals surface area (Å²) in [6.45, 7) is 2.21. The van der Waals surface area contributed by atoms with E-state index in [0.717, 1.165) is 45.5 Å². The second kappa shape index (κ2) is 5.53. The highest BCUT2D eigenvalue weighted by molar-refractivity contribution is 9.10. The molecule has 0 atom stereocenters. The Kier molecular flexibility index (Phi) is 3.49. The van der Waals surface area contributed by atoms with E-state index in [-0.39, 0.29) is 18.6 Å². The predicted molar refractivity (Wildman–Crippen MR) is 89.6 cm³/mol. The number of benzene rings is 1. The molecule has 2 aromatic rings. The lowest BCUT2D eigenvalue weighted by Gasteiger charge is -2.14. The second-order valence-corrected chi connectivity index (χ2v) is 6.64. The molecular formula is C17H15BrN2O3. The number of nitrogens with one attached hydrogen (secondary N) is 1. The number of aromatic nitrogens is 1. The largest absolute Gasteiger partial charge is 0.454 e. The number of nitrogens with zero attached hydrogens (tertiary/aromatic N) is 1. The topological polar surface area (TPSA) is 60.5 Å². The van der Waals surface area contributed by atoms with E-state index >= 15 is 0 Å². The number of anilines is 1. The third kappa shape index (κ3) is 2.67. The van der Waals surface area contributed by atoms with Crippen LogP contribution >= 0.6 is 15.9 Å². The van der Waals surface area contributed by atoms with Gasteiger partial charge in [0.15, 0.2) is 11.5 Å². The molecule has 0 radical (unpaired) electrons. The summed E-state index contributed by atoms with van der Waals surface area (Å²) in [7, 11) is 0.